The second-order valence-electron chi connectivity index (χ2n) is 10.6. The van der Waals surface area contributed by atoms with Crippen molar-refractivity contribution in [3.8, 4) is 0 Å². The summed E-state index contributed by atoms with van der Waals surface area (Å²) in [6.45, 7) is 6.31. The van der Waals surface area contributed by atoms with Gasteiger partial charge >= 0.3 is 0 Å². The van der Waals surface area contributed by atoms with Crippen LogP contribution in [0.2, 0.25) is 0 Å². The van der Waals surface area contributed by atoms with Gasteiger partial charge in [-0.25, -0.2) is 0 Å². The number of rotatable bonds is 4. The van der Waals surface area contributed by atoms with Crippen LogP contribution in [0.25, 0.3) is 0 Å². The van der Waals surface area contributed by atoms with Crippen LogP contribution >= 0.6 is 0 Å². The Morgan fingerprint density at radius 2 is 2.10 bits per heavy atom. The van der Waals surface area contributed by atoms with Gasteiger partial charge in [0.2, 0.25) is 0 Å². The van der Waals surface area contributed by atoms with Crippen molar-refractivity contribution in [2.45, 2.75) is 83.5 Å². The minimum absolute atomic E-state index is 0.0616. The fourth-order valence-electron chi connectivity index (χ4n) is 7.14. The fourth-order valence-corrected chi connectivity index (χ4v) is 7.14. The first-order chi connectivity index (χ1) is 14.2. The smallest absolute Gasteiger partial charge is 0.159 e. The molecule has 0 spiro atoms. The molecule has 4 rings (SSSR count). The van der Waals surface area contributed by atoms with E-state index in [0.29, 0.717) is 30.6 Å². The molecule has 0 amide bonds. The Bertz CT molecular complexity index is 778. The largest absolute Gasteiger partial charge is 0.393 e. The van der Waals surface area contributed by atoms with E-state index in [1.54, 1.807) is 14.0 Å². The molecule has 4 heteroatoms. The number of methoxy groups -OCH3 is 1. The van der Waals surface area contributed by atoms with Crippen molar-refractivity contribution in [3.63, 3.8) is 0 Å². The Kier molecular flexibility index (Phi) is 5.89. The van der Waals surface area contributed by atoms with Gasteiger partial charge in [-0.3, -0.25) is 4.79 Å². The lowest BCUT2D eigenvalue weighted by molar-refractivity contribution is -0.119. The molecule has 0 aromatic heterocycles. The molecular weight excluding hydrogens is 376 g/mol. The van der Waals surface area contributed by atoms with Crippen molar-refractivity contribution >= 4 is 5.78 Å². The van der Waals surface area contributed by atoms with Gasteiger partial charge in [0.15, 0.2) is 5.78 Å². The van der Waals surface area contributed by atoms with Gasteiger partial charge in [-0.15, -0.1) is 0 Å². The third kappa shape index (κ3) is 3.65. The Balaban J connectivity index is 1.69. The van der Waals surface area contributed by atoms with Crippen LogP contribution in [0.3, 0.4) is 0 Å². The molecule has 2 N–H and O–H groups in total. The van der Waals surface area contributed by atoms with Gasteiger partial charge in [-0.1, -0.05) is 36.3 Å². The van der Waals surface area contributed by atoms with E-state index in [9.17, 15) is 15.0 Å². The summed E-state index contributed by atoms with van der Waals surface area (Å²) in [5, 5.41) is 20.0. The topological polar surface area (TPSA) is 66.8 Å². The highest BCUT2D eigenvalue weighted by Gasteiger charge is 2.57. The van der Waals surface area contributed by atoms with Crippen molar-refractivity contribution < 1.29 is 19.7 Å². The van der Waals surface area contributed by atoms with E-state index in [1.807, 2.05) is 12.2 Å². The molecule has 30 heavy (non-hydrogen) atoms. The maximum atomic E-state index is 13.1. The highest BCUT2D eigenvalue weighted by atomic mass is 16.5. The zero-order valence-electron chi connectivity index (χ0n) is 18.9. The summed E-state index contributed by atoms with van der Waals surface area (Å²) in [6, 6.07) is 0. The molecule has 166 valence electrons. The number of aliphatic hydroxyl groups is 2. The second-order valence-corrected chi connectivity index (χ2v) is 10.6. The first kappa shape index (κ1) is 22.0. The molecule has 0 heterocycles. The summed E-state index contributed by atoms with van der Waals surface area (Å²) in [4.78, 5) is 13.1. The van der Waals surface area contributed by atoms with Crippen molar-refractivity contribution in [1.29, 1.82) is 0 Å². The number of fused-ring (bicyclic) bond motifs is 6. The van der Waals surface area contributed by atoms with E-state index in [4.69, 9.17) is 4.74 Å². The molecule has 0 radical (unpaired) electrons. The average Bonchev–Trinajstić information content (AvgIpc) is 2.86. The maximum absolute atomic E-state index is 13.1. The Labute approximate surface area is 181 Å². The van der Waals surface area contributed by atoms with Crippen molar-refractivity contribution in [2.24, 2.45) is 29.1 Å². The van der Waals surface area contributed by atoms with Gasteiger partial charge in [0.05, 0.1) is 17.8 Å². The zero-order valence-corrected chi connectivity index (χ0v) is 18.9. The van der Waals surface area contributed by atoms with E-state index in [2.05, 4.69) is 26.0 Å². The molecule has 2 bridgehead atoms. The standard InChI is InChI=1S/C26H38O4/c1-16(27)9-12-26(3,30-4)24-8-7-22-21-15-23(29)18-13-17(5-6-19(28)14-18)20(21)10-11-25(22,24)2/h5,9,12,15-16,18-20,22,24,27-28H,6-8,10-11,13-14H2,1-4H3/b12-9+/t16-,18-,19-,20+,22-,24?,25-,26-/m0/s1. The molecule has 2 saturated carbocycles. The van der Waals surface area contributed by atoms with Crippen LogP contribution in [-0.2, 0) is 9.53 Å². The fraction of sp³-hybridized carbons (Fsp3) is 0.731. The molecule has 0 saturated heterocycles. The molecule has 2 fully saturated rings. The SMILES string of the molecule is CO[C@@](C)(/C=C/[C@H](C)O)C1CC[C@H]2C3=CC(=O)[C@H]4CC(=CC[C@H](O)C4)[C@H]3CC[C@]12C. The Morgan fingerprint density at radius 3 is 2.80 bits per heavy atom. The highest BCUT2D eigenvalue weighted by molar-refractivity contribution is 5.93. The summed E-state index contributed by atoms with van der Waals surface area (Å²) in [5.41, 5.74) is 2.38. The summed E-state index contributed by atoms with van der Waals surface area (Å²) >= 11 is 0. The molecule has 8 atom stereocenters. The maximum Gasteiger partial charge on any atom is 0.159 e. The normalized spacial score (nSPS) is 41.8. The molecule has 1 unspecified atom stereocenters. The van der Waals surface area contributed by atoms with Gasteiger partial charge < -0.3 is 14.9 Å². The first-order valence-electron chi connectivity index (χ1n) is 11.7. The van der Waals surface area contributed by atoms with Crippen molar-refractivity contribution in [1.82, 2.24) is 0 Å². The van der Waals surface area contributed by atoms with E-state index in [-0.39, 0.29) is 23.2 Å². The van der Waals surface area contributed by atoms with Gasteiger partial charge in [0, 0.05) is 18.9 Å². The number of ether oxygens (including phenoxy) is 1. The second kappa shape index (κ2) is 8.03. The van der Waals surface area contributed by atoms with Gasteiger partial charge in [0.1, 0.15) is 0 Å². The number of ketones is 1. The zero-order chi connectivity index (χ0) is 21.7. The lowest BCUT2D eigenvalue weighted by atomic mass is 9.57. The van der Waals surface area contributed by atoms with Gasteiger partial charge in [-0.2, -0.15) is 0 Å². The molecule has 4 aliphatic rings. The quantitative estimate of drug-likeness (QED) is 0.671. The van der Waals surface area contributed by atoms with Crippen LogP contribution in [0, 0.1) is 29.1 Å². The van der Waals surface area contributed by atoms with Crippen LogP contribution in [0.1, 0.15) is 65.7 Å². The van der Waals surface area contributed by atoms with E-state index in [1.165, 1.54) is 11.1 Å². The van der Waals surface area contributed by atoms with Crippen LogP contribution < -0.4 is 0 Å². The summed E-state index contributed by atoms with van der Waals surface area (Å²) < 4.78 is 6.04. The third-order valence-corrected chi connectivity index (χ3v) is 8.80. The minimum Gasteiger partial charge on any atom is -0.393 e. The molecule has 0 aromatic rings. The summed E-state index contributed by atoms with van der Waals surface area (Å²) in [5.74, 6) is 1.26. The lowest BCUT2D eigenvalue weighted by Gasteiger charge is -2.49. The highest BCUT2D eigenvalue weighted by Crippen LogP contribution is 2.63. The number of hydrogen-bond donors (Lipinski definition) is 2. The third-order valence-electron chi connectivity index (χ3n) is 8.80. The minimum atomic E-state index is -0.493. The predicted octanol–water partition coefficient (Wildman–Crippen LogP) is 4.37. The van der Waals surface area contributed by atoms with Crippen molar-refractivity contribution in [3.05, 3.63) is 35.5 Å². The number of carbonyl (C=O) groups is 1. The van der Waals surface area contributed by atoms with Crippen LogP contribution in [0.15, 0.2) is 35.5 Å². The van der Waals surface area contributed by atoms with E-state index >= 15 is 0 Å². The molecule has 0 aliphatic heterocycles. The molecule has 4 nitrogen and oxygen atoms in total. The number of allylic oxidation sites excluding steroid dienone is 3. The number of aliphatic hydroxyl groups excluding tert-OH is 2. The monoisotopic (exact) mass is 414 g/mol. The summed E-state index contributed by atoms with van der Waals surface area (Å²) in [7, 11) is 1.77. The number of carbonyl (C=O) groups excluding carboxylic acids is 1. The molecular formula is C26H38O4. The lowest BCUT2D eigenvalue weighted by Crippen LogP contribution is -2.46. The Hall–Kier alpha value is -1.23. The molecule has 4 aliphatic carbocycles. The van der Waals surface area contributed by atoms with Gasteiger partial charge in [0.25, 0.3) is 0 Å². The van der Waals surface area contributed by atoms with Crippen molar-refractivity contribution in [2.75, 3.05) is 7.11 Å². The van der Waals surface area contributed by atoms with E-state index in [0.717, 1.165) is 32.1 Å². The summed E-state index contributed by atoms with van der Waals surface area (Å²) in [6.07, 6.45) is 13.6. The van der Waals surface area contributed by atoms with Crippen LogP contribution in [0.4, 0.5) is 0 Å². The average molecular weight is 415 g/mol. The molecule has 0 aromatic carbocycles. The van der Waals surface area contributed by atoms with Crippen LogP contribution in [-0.4, -0.2) is 40.9 Å². The number of hydrogen-bond acceptors (Lipinski definition) is 4. The predicted molar refractivity (Wildman–Crippen MR) is 118 cm³/mol. The van der Waals surface area contributed by atoms with E-state index < -0.39 is 11.7 Å². The van der Waals surface area contributed by atoms with Gasteiger partial charge in [-0.05, 0) is 82.1 Å². The Morgan fingerprint density at radius 1 is 1.33 bits per heavy atom. The first-order valence-corrected chi connectivity index (χ1v) is 11.7. The van der Waals surface area contributed by atoms with Crippen LogP contribution in [0.5, 0.6) is 0 Å².